The summed E-state index contributed by atoms with van der Waals surface area (Å²) < 4.78 is 11.3. The molecule has 0 spiro atoms. The normalized spacial score (nSPS) is 11.9. The summed E-state index contributed by atoms with van der Waals surface area (Å²) in [6, 6.07) is 2.99. The van der Waals surface area contributed by atoms with Crippen molar-refractivity contribution in [2.45, 2.75) is 110 Å². The topological polar surface area (TPSA) is 89.9 Å². The van der Waals surface area contributed by atoms with Gasteiger partial charge in [0, 0.05) is 11.6 Å². The molecule has 0 aliphatic carbocycles. The van der Waals surface area contributed by atoms with Crippen molar-refractivity contribution < 1.29 is 28.7 Å². The Bertz CT molecular complexity index is 522. The second kappa shape index (κ2) is 17.1. The lowest BCUT2D eigenvalue weighted by Gasteiger charge is -2.31. The first-order valence-corrected chi connectivity index (χ1v) is 14.2. The van der Waals surface area contributed by atoms with Gasteiger partial charge in [-0.3, -0.25) is 4.79 Å². The van der Waals surface area contributed by atoms with E-state index in [4.69, 9.17) is 14.3 Å². The summed E-state index contributed by atoms with van der Waals surface area (Å²) in [7, 11) is -2.14. The van der Waals surface area contributed by atoms with Crippen LogP contribution in [0.25, 0.3) is 0 Å². The number of carboxylic acid groups (broad SMARTS) is 1. The SMILES string of the molecule is CCCC/C(=C\C(=O)O)C(=O)OCCC(=O)O[Si](CCCC)(CCCC)CCCC. The van der Waals surface area contributed by atoms with Crippen molar-refractivity contribution in [3.63, 3.8) is 0 Å². The van der Waals surface area contributed by atoms with Crippen molar-refractivity contribution in [3.8, 4) is 0 Å². The minimum atomic E-state index is -2.14. The zero-order valence-corrected chi connectivity index (χ0v) is 20.5. The Balaban J connectivity index is 4.88. The third-order valence-electron chi connectivity index (χ3n) is 5.19. The fraction of sp³-hybridized carbons (Fsp3) is 0.783. The molecule has 0 amide bonds. The average molecular weight is 443 g/mol. The van der Waals surface area contributed by atoms with Crippen LogP contribution in [0, 0.1) is 0 Å². The van der Waals surface area contributed by atoms with Gasteiger partial charge in [-0.2, -0.15) is 0 Å². The number of hydrogen-bond acceptors (Lipinski definition) is 5. The van der Waals surface area contributed by atoms with Crippen molar-refractivity contribution in [2.24, 2.45) is 0 Å². The summed E-state index contributed by atoms with van der Waals surface area (Å²) in [4.78, 5) is 35.7. The van der Waals surface area contributed by atoms with Crippen LogP contribution in [0.1, 0.15) is 91.9 Å². The number of rotatable bonds is 18. The van der Waals surface area contributed by atoms with Gasteiger partial charge in [0.15, 0.2) is 0 Å². The fourth-order valence-electron chi connectivity index (χ4n) is 3.39. The molecule has 0 unspecified atom stereocenters. The lowest BCUT2D eigenvalue weighted by Crippen LogP contribution is -2.40. The molecule has 0 aromatic carbocycles. The van der Waals surface area contributed by atoms with Gasteiger partial charge in [0.25, 0.3) is 14.3 Å². The minimum absolute atomic E-state index is 0.0129. The molecule has 0 saturated heterocycles. The van der Waals surface area contributed by atoms with Gasteiger partial charge in [-0.25, -0.2) is 9.59 Å². The first-order valence-electron chi connectivity index (χ1n) is 11.7. The molecule has 30 heavy (non-hydrogen) atoms. The van der Waals surface area contributed by atoms with E-state index in [1.54, 1.807) is 0 Å². The molecular weight excluding hydrogens is 400 g/mol. The first kappa shape index (κ1) is 28.4. The number of carbonyl (C=O) groups is 3. The standard InChI is InChI=1S/C23H42O6Si/c1-5-9-13-20(19-21(24)25)23(27)28-15-14-22(26)29-30(16-10-6-2,17-11-7-3)18-12-8-4/h19H,5-18H2,1-4H3,(H,24,25)/b20-19+. The van der Waals surface area contributed by atoms with Gasteiger partial charge >= 0.3 is 11.9 Å². The summed E-state index contributed by atoms with van der Waals surface area (Å²) in [5, 5.41) is 8.93. The molecule has 0 aliphatic heterocycles. The van der Waals surface area contributed by atoms with Gasteiger partial charge in [0.1, 0.15) is 6.61 Å². The highest BCUT2D eigenvalue weighted by molar-refractivity contribution is 6.75. The molecular formula is C23H42O6Si. The second-order valence-electron chi connectivity index (χ2n) is 7.97. The summed E-state index contributed by atoms with van der Waals surface area (Å²) >= 11 is 0. The predicted molar refractivity (Wildman–Crippen MR) is 122 cm³/mol. The van der Waals surface area contributed by atoms with E-state index in [9.17, 15) is 14.4 Å². The van der Waals surface area contributed by atoms with Crippen molar-refractivity contribution in [2.75, 3.05) is 6.61 Å². The zero-order chi connectivity index (χ0) is 22.8. The van der Waals surface area contributed by atoms with Crippen LogP contribution < -0.4 is 0 Å². The molecule has 0 atom stereocenters. The molecule has 174 valence electrons. The minimum Gasteiger partial charge on any atom is -0.519 e. The number of carbonyl (C=O) groups excluding carboxylic acids is 2. The van der Waals surface area contributed by atoms with E-state index in [0.717, 1.165) is 69.2 Å². The zero-order valence-electron chi connectivity index (χ0n) is 19.5. The average Bonchev–Trinajstić information content (AvgIpc) is 2.71. The smallest absolute Gasteiger partial charge is 0.334 e. The summed E-state index contributed by atoms with van der Waals surface area (Å²) in [6.07, 6.45) is 9.28. The van der Waals surface area contributed by atoms with Crippen LogP contribution in [0.3, 0.4) is 0 Å². The third kappa shape index (κ3) is 12.8. The number of carboxylic acids is 1. The van der Waals surface area contributed by atoms with Crippen LogP contribution in [-0.4, -0.2) is 37.9 Å². The molecule has 0 fully saturated rings. The molecule has 0 rings (SSSR count). The molecule has 7 heteroatoms. The Labute approximate surface area is 183 Å². The fourth-order valence-corrected chi connectivity index (χ4v) is 8.02. The van der Waals surface area contributed by atoms with Crippen molar-refractivity contribution in [1.82, 2.24) is 0 Å². The number of hydrogen-bond donors (Lipinski definition) is 1. The van der Waals surface area contributed by atoms with Crippen molar-refractivity contribution in [1.29, 1.82) is 0 Å². The summed E-state index contributed by atoms with van der Waals surface area (Å²) in [5.74, 6) is -2.13. The molecule has 0 saturated carbocycles. The maximum atomic E-state index is 12.6. The van der Waals surface area contributed by atoms with E-state index in [1.165, 1.54) is 0 Å². The van der Waals surface area contributed by atoms with Crippen LogP contribution >= 0.6 is 0 Å². The number of unbranched alkanes of at least 4 members (excludes halogenated alkanes) is 4. The Kier molecular flexibility index (Phi) is 16.2. The lowest BCUT2D eigenvalue weighted by molar-refractivity contribution is -0.143. The quantitative estimate of drug-likeness (QED) is 0.159. The van der Waals surface area contributed by atoms with E-state index in [1.807, 2.05) is 6.92 Å². The second-order valence-corrected chi connectivity index (χ2v) is 12.0. The van der Waals surface area contributed by atoms with Crippen LogP contribution in [0.2, 0.25) is 18.1 Å². The van der Waals surface area contributed by atoms with Gasteiger partial charge in [0.2, 0.25) is 0 Å². The van der Waals surface area contributed by atoms with Gasteiger partial charge in [-0.15, -0.1) is 0 Å². The van der Waals surface area contributed by atoms with Crippen molar-refractivity contribution >= 4 is 26.2 Å². The molecule has 0 bridgehead atoms. The van der Waals surface area contributed by atoms with Crippen LogP contribution in [0.15, 0.2) is 11.6 Å². The van der Waals surface area contributed by atoms with Gasteiger partial charge in [0.05, 0.1) is 6.42 Å². The molecule has 0 heterocycles. The highest BCUT2D eigenvalue weighted by atomic mass is 28.4. The van der Waals surface area contributed by atoms with E-state index in [-0.39, 0.29) is 24.6 Å². The first-order chi connectivity index (χ1) is 14.3. The summed E-state index contributed by atoms with van der Waals surface area (Å²) in [6.45, 7) is 8.34. The lowest BCUT2D eigenvalue weighted by atomic mass is 10.1. The van der Waals surface area contributed by atoms with Crippen LogP contribution in [-0.2, 0) is 23.5 Å². The van der Waals surface area contributed by atoms with Crippen LogP contribution in [0.4, 0.5) is 0 Å². The van der Waals surface area contributed by atoms with E-state index >= 15 is 0 Å². The van der Waals surface area contributed by atoms with E-state index in [2.05, 4.69) is 20.8 Å². The molecule has 1 N–H and O–H groups in total. The molecule has 0 aromatic rings. The maximum Gasteiger partial charge on any atom is 0.334 e. The molecule has 0 radical (unpaired) electrons. The largest absolute Gasteiger partial charge is 0.519 e. The monoisotopic (exact) mass is 442 g/mol. The number of esters is 1. The van der Waals surface area contributed by atoms with Gasteiger partial charge < -0.3 is 14.3 Å². The Morgan fingerprint density at radius 3 is 1.73 bits per heavy atom. The van der Waals surface area contributed by atoms with E-state index < -0.39 is 20.3 Å². The van der Waals surface area contributed by atoms with Crippen LogP contribution in [0.5, 0.6) is 0 Å². The van der Waals surface area contributed by atoms with E-state index in [0.29, 0.717) is 12.8 Å². The Morgan fingerprint density at radius 1 is 0.800 bits per heavy atom. The Hall–Kier alpha value is -1.63. The van der Waals surface area contributed by atoms with Gasteiger partial charge in [-0.1, -0.05) is 72.6 Å². The maximum absolute atomic E-state index is 12.6. The van der Waals surface area contributed by atoms with Crippen molar-refractivity contribution in [3.05, 3.63) is 11.6 Å². The third-order valence-corrected chi connectivity index (χ3v) is 9.64. The van der Waals surface area contributed by atoms with Gasteiger partial charge in [-0.05, 0) is 31.0 Å². The number of aliphatic carboxylic acids is 1. The molecule has 0 aliphatic rings. The predicted octanol–water partition coefficient (Wildman–Crippen LogP) is 6.01. The molecule has 0 aromatic heterocycles. The highest BCUT2D eigenvalue weighted by Gasteiger charge is 2.36. The molecule has 6 nitrogen and oxygen atoms in total. The Morgan fingerprint density at radius 2 is 1.30 bits per heavy atom. The summed E-state index contributed by atoms with van der Waals surface area (Å²) in [5.41, 5.74) is 0.135. The number of ether oxygens (including phenoxy) is 1. The highest BCUT2D eigenvalue weighted by Crippen LogP contribution is 2.30.